The van der Waals surface area contributed by atoms with Gasteiger partial charge in [0.2, 0.25) is 11.8 Å². The number of nitrogens with one attached hydrogen (secondary N) is 2. The highest BCUT2D eigenvalue weighted by atomic mass is 35.5. The third-order valence-electron chi connectivity index (χ3n) is 3.98. The summed E-state index contributed by atoms with van der Waals surface area (Å²) in [6.07, 6.45) is 0. The van der Waals surface area contributed by atoms with Crippen LogP contribution in [0.3, 0.4) is 0 Å². The third kappa shape index (κ3) is 4.53. The summed E-state index contributed by atoms with van der Waals surface area (Å²) in [5.74, 6) is -0.839. The van der Waals surface area contributed by atoms with Crippen molar-refractivity contribution < 1.29 is 9.59 Å². The Bertz CT molecular complexity index is 776. The number of carbonyl (C=O) groups is 2. The second-order valence-corrected chi connectivity index (χ2v) is 7.07. The zero-order chi connectivity index (χ0) is 18.6. The molecule has 6 heteroatoms. The quantitative estimate of drug-likeness (QED) is 0.731. The van der Waals surface area contributed by atoms with Crippen LogP contribution < -0.4 is 10.6 Å². The van der Waals surface area contributed by atoms with Crippen LogP contribution in [0.5, 0.6) is 0 Å². The number of benzene rings is 2. The van der Waals surface area contributed by atoms with Crippen molar-refractivity contribution in [2.75, 3.05) is 5.32 Å². The van der Waals surface area contributed by atoms with E-state index in [0.29, 0.717) is 10.7 Å². The van der Waals surface area contributed by atoms with Gasteiger partial charge < -0.3 is 10.6 Å². The van der Waals surface area contributed by atoms with Crippen molar-refractivity contribution in [1.82, 2.24) is 5.32 Å². The van der Waals surface area contributed by atoms with Gasteiger partial charge in [-0.2, -0.15) is 0 Å². The van der Waals surface area contributed by atoms with E-state index in [4.69, 9.17) is 23.2 Å². The van der Waals surface area contributed by atoms with Crippen molar-refractivity contribution in [2.45, 2.75) is 26.8 Å². The second kappa shape index (κ2) is 7.89. The van der Waals surface area contributed by atoms with Gasteiger partial charge in [0.15, 0.2) is 0 Å². The van der Waals surface area contributed by atoms with Crippen LogP contribution in [-0.4, -0.2) is 11.8 Å². The Morgan fingerprint density at radius 2 is 1.60 bits per heavy atom. The first-order valence-corrected chi connectivity index (χ1v) is 8.60. The Morgan fingerprint density at radius 1 is 0.960 bits per heavy atom. The molecule has 0 spiro atoms. The molecule has 0 aliphatic heterocycles. The molecule has 0 aliphatic carbocycles. The van der Waals surface area contributed by atoms with E-state index < -0.39 is 11.3 Å². The molecule has 1 atom stereocenters. The average Bonchev–Trinajstić information content (AvgIpc) is 2.59. The van der Waals surface area contributed by atoms with Crippen molar-refractivity contribution in [3.8, 4) is 0 Å². The molecule has 0 fully saturated rings. The van der Waals surface area contributed by atoms with Crippen LogP contribution in [0.1, 0.15) is 32.4 Å². The molecule has 1 unspecified atom stereocenters. The molecule has 2 rings (SSSR count). The van der Waals surface area contributed by atoms with Gasteiger partial charge in [-0.05, 0) is 38.5 Å². The van der Waals surface area contributed by atoms with Gasteiger partial charge in [0.1, 0.15) is 5.41 Å². The molecular formula is C19H20Cl2N2O2. The summed E-state index contributed by atoms with van der Waals surface area (Å²) in [4.78, 5) is 25.2. The van der Waals surface area contributed by atoms with Crippen molar-refractivity contribution in [3.63, 3.8) is 0 Å². The van der Waals surface area contributed by atoms with Crippen molar-refractivity contribution in [2.24, 2.45) is 5.41 Å². The Balaban J connectivity index is 2.09. The Hall–Kier alpha value is -2.04. The monoisotopic (exact) mass is 378 g/mol. The SMILES string of the molecule is CC(NC(=O)C(C)(C)C(=O)Nc1cccc(Cl)c1Cl)c1ccccc1. The Kier molecular flexibility index (Phi) is 6.09. The van der Waals surface area contributed by atoms with E-state index in [1.54, 1.807) is 32.0 Å². The summed E-state index contributed by atoms with van der Waals surface area (Å²) < 4.78 is 0. The summed E-state index contributed by atoms with van der Waals surface area (Å²) in [5, 5.41) is 6.11. The van der Waals surface area contributed by atoms with Gasteiger partial charge in [-0.15, -0.1) is 0 Å². The van der Waals surface area contributed by atoms with Gasteiger partial charge in [-0.3, -0.25) is 9.59 Å². The normalized spacial score (nSPS) is 12.4. The molecule has 2 N–H and O–H groups in total. The molecule has 0 aromatic heterocycles. The predicted molar refractivity (Wildman–Crippen MR) is 102 cm³/mol. The number of hydrogen-bond acceptors (Lipinski definition) is 2. The molecule has 0 bridgehead atoms. The zero-order valence-corrected chi connectivity index (χ0v) is 15.8. The summed E-state index contributed by atoms with van der Waals surface area (Å²) in [6, 6.07) is 14.3. The fourth-order valence-electron chi connectivity index (χ4n) is 2.18. The lowest BCUT2D eigenvalue weighted by molar-refractivity contribution is -0.138. The molecule has 0 aliphatic rings. The van der Waals surface area contributed by atoms with Crippen LogP contribution in [0, 0.1) is 5.41 Å². The molecule has 25 heavy (non-hydrogen) atoms. The van der Waals surface area contributed by atoms with Gasteiger partial charge in [-0.1, -0.05) is 59.6 Å². The largest absolute Gasteiger partial charge is 0.349 e. The summed E-state index contributed by atoms with van der Waals surface area (Å²) in [5.41, 5.74) is 0.0513. The van der Waals surface area contributed by atoms with Crippen LogP contribution in [-0.2, 0) is 9.59 Å². The zero-order valence-electron chi connectivity index (χ0n) is 14.3. The fraction of sp³-hybridized carbons (Fsp3) is 0.263. The number of hydrogen-bond donors (Lipinski definition) is 2. The lowest BCUT2D eigenvalue weighted by atomic mass is 9.90. The van der Waals surface area contributed by atoms with Gasteiger partial charge in [0, 0.05) is 0 Å². The van der Waals surface area contributed by atoms with Gasteiger partial charge in [-0.25, -0.2) is 0 Å². The van der Waals surface area contributed by atoms with E-state index >= 15 is 0 Å². The van der Waals surface area contributed by atoms with E-state index in [2.05, 4.69) is 10.6 Å². The van der Waals surface area contributed by atoms with Crippen LogP contribution in [0.4, 0.5) is 5.69 Å². The highest BCUT2D eigenvalue weighted by molar-refractivity contribution is 6.44. The number of anilines is 1. The van der Waals surface area contributed by atoms with Crippen molar-refractivity contribution >= 4 is 40.7 Å². The minimum atomic E-state index is -1.28. The van der Waals surface area contributed by atoms with E-state index in [9.17, 15) is 9.59 Å². The molecule has 0 saturated heterocycles. The van der Waals surface area contributed by atoms with E-state index in [1.165, 1.54) is 0 Å². The predicted octanol–water partition coefficient (Wildman–Crippen LogP) is 4.84. The molecule has 2 amide bonds. The highest BCUT2D eigenvalue weighted by Crippen LogP contribution is 2.31. The van der Waals surface area contributed by atoms with E-state index in [1.807, 2.05) is 37.3 Å². The number of carbonyl (C=O) groups excluding carboxylic acids is 2. The van der Waals surface area contributed by atoms with E-state index in [-0.39, 0.29) is 17.0 Å². The first kappa shape index (κ1) is 19.3. The molecule has 0 saturated carbocycles. The molecule has 132 valence electrons. The first-order chi connectivity index (χ1) is 11.7. The molecule has 0 radical (unpaired) electrons. The van der Waals surface area contributed by atoms with Gasteiger partial charge >= 0.3 is 0 Å². The van der Waals surface area contributed by atoms with Gasteiger partial charge in [0.05, 0.1) is 21.8 Å². The molecule has 2 aromatic carbocycles. The maximum absolute atomic E-state index is 12.6. The van der Waals surface area contributed by atoms with Crippen molar-refractivity contribution in [1.29, 1.82) is 0 Å². The Labute approximate surface area is 157 Å². The molecule has 4 nitrogen and oxygen atoms in total. The topological polar surface area (TPSA) is 58.2 Å². The van der Waals surface area contributed by atoms with Crippen LogP contribution in [0.2, 0.25) is 10.0 Å². The Morgan fingerprint density at radius 3 is 2.24 bits per heavy atom. The number of amides is 2. The van der Waals surface area contributed by atoms with Gasteiger partial charge in [0.25, 0.3) is 0 Å². The maximum atomic E-state index is 12.6. The average molecular weight is 379 g/mol. The molecule has 0 heterocycles. The second-order valence-electron chi connectivity index (χ2n) is 6.29. The highest BCUT2D eigenvalue weighted by Gasteiger charge is 2.37. The number of halogens is 2. The molecular weight excluding hydrogens is 359 g/mol. The summed E-state index contributed by atoms with van der Waals surface area (Å²) in [6.45, 7) is 5.00. The van der Waals surface area contributed by atoms with Crippen molar-refractivity contribution in [3.05, 3.63) is 64.1 Å². The van der Waals surface area contributed by atoms with Crippen LogP contribution in [0.15, 0.2) is 48.5 Å². The fourth-order valence-corrected chi connectivity index (χ4v) is 2.53. The van der Waals surface area contributed by atoms with Crippen LogP contribution in [0.25, 0.3) is 0 Å². The van der Waals surface area contributed by atoms with Crippen LogP contribution >= 0.6 is 23.2 Å². The third-order valence-corrected chi connectivity index (χ3v) is 4.80. The molecule has 2 aromatic rings. The number of rotatable bonds is 5. The smallest absolute Gasteiger partial charge is 0.239 e. The minimum absolute atomic E-state index is 0.212. The lowest BCUT2D eigenvalue weighted by Gasteiger charge is -2.25. The van der Waals surface area contributed by atoms with E-state index in [0.717, 1.165) is 5.56 Å². The lowest BCUT2D eigenvalue weighted by Crippen LogP contribution is -2.45. The maximum Gasteiger partial charge on any atom is 0.239 e. The summed E-state index contributed by atoms with van der Waals surface area (Å²) >= 11 is 12.0. The minimum Gasteiger partial charge on any atom is -0.349 e. The standard InChI is InChI=1S/C19H20Cl2N2O2/c1-12(13-8-5-4-6-9-13)22-17(24)19(2,3)18(25)23-15-11-7-10-14(20)16(15)21/h4-12H,1-3H3,(H,22,24)(H,23,25). The first-order valence-electron chi connectivity index (χ1n) is 7.85. The summed E-state index contributed by atoms with van der Waals surface area (Å²) in [7, 11) is 0.